The Morgan fingerprint density at radius 3 is 2.86 bits per heavy atom. The van der Waals surface area contributed by atoms with Gasteiger partial charge in [-0.05, 0) is 19.3 Å². The summed E-state index contributed by atoms with van der Waals surface area (Å²) >= 11 is 0. The van der Waals surface area contributed by atoms with E-state index < -0.39 is 5.41 Å². The molecule has 1 aliphatic carbocycles. The van der Waals surface area contributed by atoms with Gasteiger partial charge < -0.3 is 9.47 Å². The van der Waals surface area contributed by atoms with E-state index in [-0.39, 0.29) is 17.9 Å². The molecule has 0 spiro atoms. The highest BCUT2D eigenvalue weighted by Gasteiger charge is 2.52. The van der Waals surface area contributed by atoms with E-state index in [9.17, 15) is 9.59 Å². The molecular weight excluding hydrogens is 184 g/mol. The molecule has 2 rings (SSSR count). The van der Waals surface area contributed by atoms with E-state index in [1.54, 1.807) is 0 Å². The third kappa shape index (κ3) is 1.43. The van der Waals surface area contributed by atoms with Gasteiger partial charge in [0, 0.05) is 6.42 Å². The molecule has 2 fully saturated rings. The van der Waals surface area contributed by atoms with E-state index in [2.05, 4.69) is 0 Å². The fraction of sp³-hybridized carbons (Fsp3) is 0.800. The number of hydrogen-bond acceptors (Lipinski definition) is 4. The van der Waals surface area contributed by atoms with Crippen LogP contribution in [0.2, 0.25) is 0 Å². The third-order valence-electron chi connectivity index (χ3n) is 3.10. The fourth-order valence-electron chi connectivity index (χ4n) is 2.21. The average Bonchev–Trinajstić information content (AvgIpc) is 2.91. The Bertz CT molecular complexity index is 269. The normalized spacial score (nSPS) is 35.8. The highest BCUT2D eigenvalue weighted by atomic mass is 16.6. The third-order valence-corrected chi connectivity index (χ3v) is 3.10. The molecule has 0 aromatic heterocycles. The van der Waals surface area contributed by atoms with E-state index in [4.69, 9.17) is 9.47 Å². The van der Waals surface area contributed by atoms with Crippen molar-refractivity contribution in [2.24, 2.45) is 5.41 Å². The largest absolute Gasteiger partial charge is 0.468 e. The number of epoxide rings is 1. The molecule has 1 saturated heterocycles. The number of hydrogen-bond donors (Lipinski definition) is 0. The van der Waals surface area contributed by atoms with Crippen LogP contribution >= 0.6 is 0 Å². The van der Waals surface area contributed by atoms with Crippen molar-refractivity contribution in [3.05, 3.63) is 0 Å². The average molecular weight is 198 g/mol. The summed E-state index contributed by atoms with van der Waals surface area (Å²) in [5, 5.41) is 0. The van der Waals surface area contributed by atoms with E-state index in [1.807, 2.05) is 0 Å². The van der Waals surface area contributed by atoms with Gasteiger partial charge in [0.2, 0.25) is 0 Å². The van der Waals surface area contributed by atoms with E-state index in [0.717, 1.165) is 6.42 Å². The molecule has 2 aliphatic rings. The Kier molecular flexibility index (Phi) is 2.31. The molecule has 0 amide bonds. The Morgan fingerprint density at radius 1 is 1.71 bits per heavy atom. The number of esters is 1. The maximum atomic E-state index is 11.7. The molecule has 4 heteroatoms. The summed E-state index contributed by atoms with van der Waals surface area (Å²) in [5.74, 6) is -0.352. The molecule has 0 radical (unpaired) electrons. The summed E-state index contributed by atoms with van der Waals surface area (Å²) in [5.41, 5.74) is -0.879. The molecule has 14 heavy (non-hydrogen) atoms. The summed E-state index contributed by atoms with van der Waals surface area (Å²) in [7, 11) is 1.34. The maximum Gasteiger partial charge on any atom is 0.319 e. The molecule has 2 atom stereocenters. The van der Waals surface area contributed by atoms with Crippen LogP contribution in [0, 0.1) is 5.41 Å². The molecule has 78 valence electrons. The number of carbonyl (C=O) groups is 2. The minimum Gasteiger partial charge on any atom is -0.468 e. The summed E-state index contributed by atoms with van der Waals surface area (Å²) in [6, 6.07) is 0. The monoisotopic (exact) mass is 198 g/mol. The molecule has 1 saturated carbocycles. The van der Waals surface area contributed by atoms with Gasteiger partial charge in [0.15, 0.2) is 0 Å². The smallest absolute Gasteiger partial charge is 0.319 e. The van der Waals surface area contributed by atoms with Crippen LogP contribution in [0.25, 0.3) is 0 Å². The molecule has 0 aromatic carbocycles. The molecular formula is C10H14O4. The molecule has 0 bridgehead atoms. The number of rotatable bonds is 3. The first kappa shape index (κ1) is 9.65. The van der Waals surface area contributed by atoms with Crippen LogP contribution in [0.3, 0.4) is 0 Å². The number of carbonyl (C=O) groups excluding carboxylic acids is 2. The molecule has 1 heterocycles. The van der Waals surface area contributed by atoms with Crippen molar-refractivity contribution in [1.29, 1.82) is 0 Å². The van der Waals surface area contributed by atoms with Crippen LogP contribution in [-0.2, 0) is 19.1 Å². The lowest BCUT2D eigenvalue weighted by molar-refractivity contribution is -0.157. The zero-order valence-corrected chi connectivity index (χ0v) is 8.25. The Morgan fingerprint density at radius 2 is 2.43 bits per heavy atom. The lowest BCUT2D eigenvalue weighted by atomic mass is 9.80. The van der Waals surface area contributed by atoms with Crippen LogP contribution in [0.5, 0.6) is 0 Å². The fourth-order valence-corrected chi connectivity index (χ4v) is 2.21. The molecule has 0 N–H and O–H groups in total. The van der Waals surface area contributed by atoms with Gasteiger partial charge in [-0.2, -0.15) is 0 Å². The van der Waals surface area contributed by atoms with Crippen molar-refractivity contribution in [2.45, 2.75) is 31.8 Å². The zero-order chi connectivity index (χ0) is 10.2. The van der Waals surface area contributed by atoms with Gasteiger partial charge >= 0.3 is 5.97 Å². The van der Waals surface area contributed by atoms with E-state index in [0.29, 0.717) is 25.9 Å². The highest BCUT2D eigenvalue weighted by Crippen LogP contribution is 2.42. The first-order valence-electron chi connectivity index (χ1n) is 4.92. The van der Waals surface area contributed by atoms with Crippen molar-refractivity contribution in [3.8, 4) is 0 Å². The van der Waals surface area contributed by atoms with Crippen LogP contribution in [-0.4, -0.2) is 31.6 Å². The minimum atomic E-state index is -0.879. The molecule has 0 aromatic rings. The SMILES string of the molecule is COC(=O)[C@@]1(C[C@@H]2CO2)CCCC1=O. The first-order valence-corrected chi connectivity index (χ1v) is 4.92. The second-order valence-corrected chi connectivity index (χ2v) is 4.01. The minimum absolute atomic E-state index is 0.0276. The van der Waals surface area contributed by atoms with Gasteiger partial charge in [0.05, 0.1) is 19.8 Å². The Hall–Kier alpha value is -0.900. The summed E-state index contributed by atoms with van der Waals surface area (Å²) in [6.45, 7) is 0.673. The van der Waals surface area contributed by atoms with Gasteiger partial charge in [-0.3, -0.25) is 9.59 Å². The van der Waals surface area contributed by atoms with Crippen molar-refractivity contribution in [3.63, 3.8) is 0 Å². The van der Waals surface area contributed by atoms with Crippen LogP contribution in [0.15, 0.2) is 0 Å². The number of ketones is 1. The number of ether oxygens (including phenoxy) is 2. The molecule has 1 aliphatic heterocycles. The Balaban J connectivity index is 2.17. The molecule has 4 nitrogen and oxygen atoms in total. The second-order valence-electron chi connectivity index (χ2n) is 4.01. The maximum absolute atomic E-state index is 11.7. The quantitative estimate of drug-likeness (QED) is 0.380. The van der Waals surface area contributed by atoms with Gasteiger partial charge in [-0.1, -0.05) is 0 Å². The lowest BCUT2D eigenvalue weighted by Gasteiger charge is -2.22. The van der Waals surface area contributed by atoms with Gasteiger partial charge in [-0.15, -0.1) is 0 Å². The van der Waals surface area contributed by atoms with Gasteiger partial charge in [0.1, 0.15) is 11.2 Å². The summed E-state index contributed by atoms with van der Waals surface area (Å²) < 4.78 is 9.80. The zero-order valence-electron chi connectivity index (χ0n) is 8.25. The number of methoxy groups -OCH3 is 1. The van der Waals surface area contributed by atoms with Crippen LogP contribution in [0.4, 0.5) is 0 Å². The summed E-state index contributed by atoms with van der Waals surface area (Å²) in [6.07, 6.45) is 2.52. The van der Waals surface area contributed by atoms with Crippen molar-refractivity contribution >= 4 is 11.8 Å². The topological polar surface area (TPSA) is 55.9 Å². The van der Waals surface area contributed by atoms with Gasteiger partial charge in [-0.25, -0.2) is 0 Å². The Labute approximate surface area is 82.6 Å². The standard InChI is InChI=1S/C10H14O4/c1-13-9(12)10(5-7-6-14-7)4-2-3-8(10)11/h7H,2-6H2,1H3/t7-,10-/m1/s1. The van der Waals surface area contributed by atoms with E-state index in [1.165, 1.54) is 7.11 Å². The highest BCUT2D eigenvalue weighted by molar-refractivity contribution is 6.05. The molecule has 0 unspecified atom stereocenters. The van der Waals surface area contributed by atoms with Crippen LogP contribution in [0.1, 0.15) is 25.7 Å². The second kappa shape index (κ2) is 3.35. The predicted octanol–water partition coefficient (Wildman–Crippen LogP) is 0.688. The van der Waals surface area contributed by atoms with E-state index >= 15 is 0 Å². The number of Topliss-reactive ketones (excluding diaryl/α,β-unsaturated/α-hetero) is 1. The van der Waals surface area contributed by atoms with Crippen molar-refractivity contribution in [2.75, 3.05) is 13.7 Å². The summed E-state index contributed by atoms with van der Waals surface area (Å²) in [4.78, 5) is 23.3. The van der Waals surface area contributed by atoms with Gasteiger partial charge in [0.25, 0.3) is 0 Å². The first-order chi connectivity index (χ1) is 6.69. The van der Waals surface area contributed by atoms with Crippen molar-refractivity contribution < 1.29 is 19.1 Å². The lowest BCUT2D eigenvalue weighted by Crippen LogP contribution is -2.37. The van der Waals surface area contributed by atoms with Crippen LogP contribution < -0.4 is 0 Å². The van der Waals surface area contributed by atoms with Crippen molar-refractivity contribution in [1.82, 2.24) is 0 Å². The predicted molar refractivity (Wildman–Crippen MR) is 47.7 cm³/mol.